The highest BCUT2D eigenvalue weighted by molar-refractivity contribution is 5.77. The lowest BCUT2D eigenvalue weighted by Gasteiger charge is -2.16. The summed E-state index contributed by atoms with van der Waals surface area (Å²) < 4.78 is 10.7. The van der Waals surface area contributed by atoms with Gasteiger partial charge in [-0.1, -0.05) is 37.3 Å². The van der Waals surface area contributed by atoms with E-state index in [-0.39, 0.29) is 18.4 Å². The number of ether oxygens (including phenoxy) is 2. The van der Waals surface area contributed by atoms with E-state index in [0.717, 1.165) is 6.42 Å². The molecule has 2 rings (SSSR count). The van der Waals surface area contributed by atoms with E-state index in [2.05, 4.69) is 24.4 Å². The fraction of sp³-hybridized carbons (Fsp3) is 0.300. The van der Waals surface area contributed by atoms with Gasteiger partial charge in [0.1, 0.15) is 0 Å². The molecule has 1 N–H and O–H groups in total. The van der Waals surface area contributed by atoms with Crippen molar-refractivity contribution in [1.82, 2.24) is 5.32 Å². The minimum Gasteiger partial charge on any atom is -0.493 e. The third-order valence-electron chi connectivity index (χ3n) is 3.96. The molecule has 0 spiro atoms. The van der Waals surface area contributed by atoms with Crippen molar-refractivity contribution in [2.24, 2.45) is 0 Å². The number of methoxy groups -OCH3 is 1. The minimum absolute atomic E-state index is 0.104. The molecule has 25 heavy (non-hydrogen) atoms. The highest BCUT2D eigenvalue weighted by atomic mass is 16.5. The first-order chi connectivity index (χ1) is 12.2. The van der Waals surface area contributed by atoms with Gasteiger partial charge in [-0.05, 0) is 24.1 Å². The summed E-state index contributed by atoms with van der Waals surface area (Å²) in [4.78, 5) is 12.1. The highest BCUT2D eigenvalue weighted by Crippen LogP contribution is 2.27. The van der Waals surface area contributed by atoms with Crippen LogP contribution in [0.3, 0.4) is 0 Å². The molecule has 0 aromatic heterocycles. The van der Waals surface area contributed by atoms with Gasteiger partial charge in [-0.2, -0.15) is 5.26 Å². The first-order valence-electron chi connectivity index (χ1n) is 8.20. The van der Waals surface area contributed by atoms with E-state index in [1.165, 1.54) is 12.7 Å². The maximum Gasteiger partial charge on any atom is 0.257 e. The number of hydrogen-bond acceptors (Lipinski definition) is 4. The maximum absolute atomic E-state index is 12.1. The third kappa shape index (κ3) is 5.25. The topological polar surface area (TPSA) is 71.3 Å². The van der Waals surface area contributed by atoms with Crippen LogP contribution < -0.4 is 14.8 Å². The second-order valence-electron chi connectivity index (χ2n) is 5.59. The summed E-state index contributed by atoms with van der Waals surface area (Å²) in [5.41, 5.74) is 1.68. The van der Waals surface area contributed by atoms with Crippen LogP contribution >= 0.6 is 0 Å². The van der Waals surface area contributed by atoms with Crippen molar-refractivity contribution >= 4 is 5.91 Å². The van der Waals surface area contributed by atoms with E-state index in [9.17, 15) is 4.79 Å². The molecule has 1 amide bonds. The molecule has 0 bridgehead atoms. The Morgan fingerprint density at radius 3 is 2.60 bits per heavy atom. The molecule has 130 valence electrons. The second-order valence-corrected chi connectivity index (χ2v) is 5.59. The van der Waals surface area contributed by atoms with Gasteiger partial charge >= 0.3 is 0 Å². The van der Waals surface area contributed by atoms with Gasteiger partial charge in [0.25, 0.3) is 5.91 Å². The minimum atomic E-state index is -0.194. The number of carbonyl (C=O) groups is 1. The van der Waals surface area contributed by atoms with Gasteiger partial charge in [-0.15, -0.1) is 0 Å². The summed E-state index contributed by atoms with van der Waals surface area (Å²) in [6, 6.07) is 17.0. The summed E-state index contributed by atoms with van der Waals surface area (Å²) in [5.74, 6) is 0.949. The molecule has 0 saturated carbocycles. The lowest BCUT2D eigenvalue weighted by molar-refractivity contribution is -0.123. The molecule has 0 aliphatic carbocycles. The molecule has 1 atom stereocenters. The lowest BCUT2D eigenvalue weighted by atomic mass is 9.96. The zero-order valence-electron chi connectivity index (χ0n) is 14.5. The molecule has 0 aliphatic rings. The van der Waals surface area contributed by atoms with Crippen molar-refractivity contribution in [1.29, 1.82) is 5.26 Å². The Balaban J connectivity index is 1.88. The van der Waals surface area contributed by atoms with Gasteiger partial charge < -0.3 is 14.8 Å². The Hall–Kier alpha value is -3.00. The summed E-state index contributed by atoms with van der Waals surface area (Å²) in [6.45, 7) is 2.56. The van der Waals surface area contributed by atoms with Crippen molar-refractivity contribution in [2.45, 2.75) is 19.3 Å². The Morgan fingerprint density at radius 1 is 1.20 bits per heavy atom. The van der Waals surface area contributed by atoms with Crippen LogP contribution in [0.2, 0.25) is 0 Å². The van der Waals surface area contributed by atoms with E-state index >= 15 is 0 Å². The summed E-state index contributed by atoms with van der Waals surface area (Å²) in [5, 5.41) is 11.8. The summed E-state index contributed by atoms with van der Waals surface area (Å²) in [7, 11) is 1.50. The van der Waals surface area contributed by atoms with Crippen LogP contribution in [-0.4, -0.2) is 26.2 Å². The Labute approximate surface area is 148 Å². The average molecular weight is 338 g/mol. The van der Waals surface area contributed by atoms with Gasteiger partial charge in [-0.25, -0.2) is 0 Å². The fourth-order valence-electron chi connectivity index (χ4n) is 2.51. The second kappa shape index (κ2) is 9.33. The van der Waals surface area contributed by atoms with Gasteiger partial charge in [0.05, 0.1) is 18.7 Å². The first-order valence-corrected chi connectivity index (χ1v) is 8.20. The zero-order valence-corrected chi connectivity index (χ0v) is 14.5. The number of amides is 1. The van der Waals surface area contributed by atoms with Crippen molar-refractivity contribution in [3.63, 3.8) is 0 Å². The van der Waals surface area contributed by atoms with Crippen molar-refractivity contribution in [2.75, 3.05) is 20.3 Å². The molecule has 2 aromatic rings. The predicted octanol–water partition coefficient (Wildman–Crippen LogP) is 3.26. The van der Waals surface area contributed by atoms with Crippen LogP contribution in [0.5, 0.6) is 11.5 Å². The van der Waals surface area contributed by atoms with Crippen LogP contribution in [0.15, 0.2) is 48.5 Å². The smallest absolute Gasteiger partial charge is 0.257 e. The number of rotatable bonds is 8. The lowest BCUT2D eigenvalue weighted by Crippen LogP contribution is -2.32. The fourth-order valence-corrected chi connectivity index (χ4v) is 2.51. The standard InChI is InChI=1S/C20H22N2O3/c1-3-16(17-7-5-4-6-8-17)13-22-20(23)14-25-18-10-9-15(12-21)11-19(18)24-2/h4-11,16H,3,13-14H2,1-2H3,(H,22,23). The highest BCUT2D eigenvalue weighted by Gasteiger charge is 2.12. The third-order valence-corrected chi connectivity index (χ3v) is 3.96. The van der Waals surface area contributed by atoms with E-state index in [1.807, 2.05) is 24.3 Å². The quantitative estimate of drug-likeness (QED) is 0.802. The number of nitrogens with one attached hydrogen (secondary N) is 1. The van der Waals surface area contributed by atoms with Crippen LogP contribution in [0.1, 0.15) is 30.4 Å². The molecule has 2 aromatic carbocycles. The molecule has 0 radical (unpaired) electrons. The number of nitriles is 1. The van der Waals surface area contributed by atoms with Crippen molar-refractivity contribution in [3.8, 4) is 17.6 Å². The molecule has 0 aliphatic heterocycles. The maximum atomic E-state index is 12.1. The molecule has 1 unspecified atom stereocenters. The van der Waals surface area contributed by atoms with Crippen LogP contribution in [-0.2, 0) is 4.79 Å². The van der Waals surface area contributed by atoms with Crippen molar-refractivity contribution in [3.05, 3.63) is 59.7 Å². The molecule has 0 fully saturated rings. The molecule has 5 nitrogen and oxygen atoms in total. The Kier molecular flexibility index (Phi) is 6.85. The van der Waals surface area contributed by atoms with E-state index < -0.39 is 0 Å². The van der Waals surface area contributed by atoms with Gasteiger partial charge in [-0.3, -0.25) is 4.79 Å². The zero-order chi connectivity index (χ0) is 18.1. The van der Waals surface area contributed by atoms with E-state index in [4.69, 9.17) is 14.7 Å². The molecule has 0 saturated heterocycles. The Bertz CT molecular complexity index is 738. The van der Waals surface area contributed by atoms with Crippen molar-refractivity contribution < 1.29 is 14.3 Å². The van der Waals surface area contributed by atoms with Gasteiger partial charge in [0.15, 0.2) is 18.1 Å². The molecule has 0 heterocycles. The summed E-state index contributed by atoms with van der Waals surface area (Å²) in [6.07, 6.45) is 0.939. The van der Waals surface area contributed by atoms with E-state index in [0.29, 0.717) is 23.6 Å². The number of benzene rings is 2. The predicted molar refractivity (Wildman–Crippen MR) is 95.7 cm³/mol. The van der Waals surface area contributed by atoms with Crippen LogP contribution in [0.25, 0.3) is 0 Å². The average Bonchev–Trinajstić information content (AvgIpc) is 2.67. The van der Waals surface area contributed by atoms with Gasteiger partial charge in [0, 0.05) is 18.5 Å². The SMILES string of the molecule is CCC(CNC(=O)COc1ccc(C#N)cc1OC)c1ccccc1. The monoisotopic (exact) mass is 338 g/mol. The van der Waals surface area contributed by atoms with Gasteiger partial charge in [0.2, 0.25) is 0 Å². The number of nitrogens with zero attached hydrogens (tertiary/aromatic N) is 1. The van der Waals surface area contributed by atoms with E-state index in [1.54, 1.807) is 18.2 Å². The normalized spacial score (nSPS) is 11.2. The molecular weight excluding hydrogens is 316 g/mol. The number of carbonyl (C=O) groups excluding carboxylic acids is 1. The number of hydrogen-bond donors (Lipinski definition) is 1. The van der Waals surface area contributed by atoms with Crippen LogP contribution in [0, 0.1) is 11.3 Å². The Morgan fingerprint density at radius 2 is 1.96 bits per heavy atom. The molecule has 5 heteroatoms. The van der Waals surface area contributed by atoms with Crippen LogP contribution in [0.4, 0.5) is 0 Å². The molecular formula is C20H22N2O3. The first kappa shape index (κ1) is 18.3. The largest absolute Gasteiger partial charge is 0.493 e. The summed E-state index contributed by atoms with van der Waals surface area (Å²) >= 11 is 0.